The molecule has 0 unspecified atom stereocenters. The van der Waals surface area contributed by atoms with Crippen molar-refractivity contribution < 1.29 is 9.53 Å². The van der Waals surface area contributed by atoms with Gasteiger partial charge in [0.25, 0.3) is 5.91 Å². The van der Waals surface area contributed by atoms with Gasteiger partial charge in [0.05, 0.1) is 18.1 Å². The molecule has 3 aromatic rings. The van der Waals surface area contributed by atoms with E-state index in [4.69, 9.17) is 9.72 Å². The van der Waals surface area contributed by atoms with Gasteiger partial charge in [0.1, 0.15) is 11.6 Å². The summed E-state index contributed by atoms with van der Waals surface area (Å²) in [5.41, 5.74) is 3.31. The molecule has 0 atom stereocenters. The fraction of sp³-hybridized carbons (Fsp3) is 0.391. The third-order valence-corrected chi connectivity index (χ3v) is 5.83. The predicted molar refractivity (Wildman–Crippen MR) is 119 cm³/mol. The zero-order valence-electron chi connectivity index (χ0n) is 17.9. The quantitative estimate of drug-likeness (QED) is 0.681. The fourth-order valence-corrected chi connectivity index (χ4v) is 3.83. The minimum atomic E-state index is -0.150. The van der Waals surface area contributed by atoms with Gasteiger partial charge < -0.3 is 24.4 Å². The Kier molecular flexibility index (Phi) is 6.01. The van der Waals surface area contributed by atoms with Crippen LogP contribution in [-0.2, 0) is 13.5 Å². The van der Waals surface area contributed by atoms with E-state index >= 15 is 0 Å². The van der Waals surface area contributed by atoms with Crippen LogP contribution in [0.2, 0.25) is 0 Å². The molecule has 1 saturated heterocycles. The average Bonchev–Trinajstić information content (AvgIpc) is 3.08. The van der Waals surface area contributed by atoms with E-state index < -0.39 is 0 Å². The molecule has 1 amide bonds. The number of rotatable bonds is 6. The minimum Gasteiger partial charge on any atom is -0.497 e. The molecule has 7 heteroatoms. The molecule has 0 bridgehead atoms. The van der Waals surface area contributed by atoms with E-state index in [-0.39, 0.29) is 5.91 Å². The molecule has 2 heterocycles. The first-order valence-corrected chi connectivity index (χ1v) is 10.3. The Balaban J connectivity index is 1.44. The van der Waals surface area contributed by atoms with E-state index in [0.717, 1.165) is 67.4 Å². The number of carbonyl (C=O) groups excluding carboxylic acids is 1. The molecule has 1 aliphatic rings. The van der Waals surface area contributed by atoms with Crippen molar-refractivity contribution in [1.82, 2.24) is 19.4 Å². The number of aromatic nitrogens is 2. The molecule has 7 nitrogen and oxygen atoms in total. The van der Waals surface area contributed by atoms with E-state index in [2.05, 4.69) is 33.8 Å². The number of methoxy groups -OCH3 is 1. The van der Waals surface area contributed by atoms with E-state index in [9.17, 15) is 4.79 Å². The fourth-order valence-electron chi connectivity index (χ4n) is 3.83. The van der Waals surface area contributed by atoms with Gasteiger partial charge in [0.2, 0.25) is 0 Å². The van der Waals surface area contributed by atoms with Gasteiger partial charge in [-0.05, 0) is 49.5 Å². The van der Waals surface area contributed by atoms with E-state index in [1.54, 1.807) is 31.4 Å². The highest BCUT2D eigenvalue weighted by atomic mass is 16.5. The van der Waals surface area contributed by atoms with Crippen LogP contribution in [0.5, 0.6) is 5.75 Å². The molecule has 1 fully saturated rings. The summed E-state index contributed by atoms with van der Waals surface area (Å²) in [4.78, 5) is 22.2. The second kappa shape index (κ2) is 8.85. The van der Waals surface area contributed by atoms with Gasteiger partial charge in [-0.3, -0.25) is 4.79 Å². The molecular weight excluding hydrogens is 378 g/mol. The maximum Gasteiger partial charge on any atom is 0.255 e. The Bertz CT molecular complexity index is 1020. The number of piperazine rings is 1. The second-order valence-corrected chi connectivity index (χ2v) is 7.87. The topological polar surface area (TPSA) is 62.6 Å². The monoisotopic (exact) mass is 407 g/mol. The minimum absolute atomic E-state index is 0.150. The largest absolute Gasteiger partial charge is 0.497 e. The van der Waals surface area contributed by atoms with Crippen LogP contribution in [0.1, 0.15) is 16.2 Å². The Hall–Kier alpha value is -2.90. The molecule has 1 aliphatic heterocycles. The predicted octanol–water partition coefficient (Wildman–Crippen LogP) is 2.62. The lowest BCUT2D eigenvalue weighted by molar-refractivity contribution is 0.102. The zero-order valence-corrected chi connectivity index (χ0v) is 17.9. The second-order valence-electron chi connectivity index (χ2n) is 7.87. The van der Waals surface area contributed by atoms with Crippen LogP contribution in [-0.4, -0.2) is 72.1 Å². The number of aryl methyl sites for hydroxylation is 1. The van der Waals surface area contributed by atoms with Crippen molar-refractivity contribution in [3.05, 3.63) is 53.9 Å². The summed E-state index contributed by atoms with van der Waals surface area (Å²) in [6, 6.07) is 13.0. The number of carbonyl (C=O) groups is 1. The first-order valence-electron chi connectivity index (χ1n) is 10.3. The van der Waals surface area contributed by atoms with Crippen molar-refractivity contribution in [2.75, 3.05) is 52.2 Å². The summed E-state index contributed by atoms with van der Waals surface area (Å²) in [5, 5.41) is 2.96. The van der Waals surface area contributed by atoms with E-state index in [0.29, 0.717) is 5.56 Å². The van der Waals surface area contributed by atoms with Crippen molar-refractivity contribution in [3.8, 4) is 5.75 Å². The zero-order chi connectivity index (χ0) is 21.1. The van der Waals surface area contributed by atoms with Crippen LogP contribution in [0.25, 0.3) is 11.0 Å². The normalized spacial score (nSPS) is 15.4. The maximum atomic E-state index is 12.5. The Morgan fingerprint density at radius 1 is 1.07 bits per heavy atom. The molecule has 158 valence electrons. The number of hydrogen-bond acceptors (Lipinski definition) is 5. The Labute approximate surface area is 177 Å². The number of hydrogen-bond donors (Lipinski definition) is 1. The number of nitrogens with zero attached hydrogens (tertiary/aromatic N) is 4. The number of nitrogens with one attached hydrogen (secondary N) is 1. The number of likely N-dealkylation sites (N-methyl/N-ethyl adjacent to an activating group) is 1. The van der Waals surface area contributed by atoms with Gasteiger partial charge in [-0.25, -0.2) is 4.98 Å². The summed E-state index contributed by atoms with van der Waals surface area (Å²) in [6.07, 6.45) is 0.919. The smallest absolute Gasteiger partial charge is 0.255 e. The number of amides is 1. The van der Waals surface area contributed by atoms with Gasteiger partial charge in [0.15, 0.2) is 0 Å². The Morgan fingerprint density at radius 2 is 1.80 bits per heavy atom. The molecule has 1 N–H and O–H groups in total. The highest BCUT2D eigenvalue weighted by Crippen LogP contribution is 2.21. The summed E-state index contributed by atoms with van der Waals surface area (Å²) in [6.45, 7) is 5.50. The maximum absolute atomic E-state index is 12.5. The summed E-state index contributed by atoms with van der Waals surface area (Å²) in [7, 11) is 5.84. The van der Waals surface area contributed by atoms with Crippen molar-refractivity contribution >= 4 is 22.6 Å². The summed E-state index contributed by atoms with van der Waals surface area (Å²) in [5.74, 6) is 1.65. The first kappa shape index (κ1) is 20.4. The average molecular weight is 408 g/mol. The standard InChI is InChI=1S/C23H29N5O2/c1-26-12-14-28(15-13-26)11-10-22-25-20-16-18(6-9-21(20)27(22)2)24-23(29)17-4-7-19(30-3)8-5-17/h4-9,16H,10-15H2,1-3H3,(H,24,29). The van der Waals surface area contributed by atoms with E-state index in [1.807, 2.05) is 18.2 Å². The lowest BCUT2D eigenvalue weighted by Crippen LogP contribution is -2.45. The van der Waals surface area contributed by atoms with Crippen molar-refractivity contribution in [3.63, 3.8) is 0 Å². The Morgan fingerprint density at radius 3 is 2.50 bits per heavy atom. The van der Waals surface area contributed by atoms with Gasteiger partial charge in [-0.2, -0.15) is 0 Å². The van der Waals surface area contributed by atoms with Crippen molar-refractivity contribution in [1.29, 1.82) is 0 Å². The van der Waals surface area contributed by atoms with Crippen LogP contribution in [0.4, 0.5) is 5.69 Å². The highest BCUT2D eigenvalue weighted by Gasteiger charge is 2.15. The molecule has 0 saturated carbocycles. The molecule has 30 heavy (non-hydrogen) atoms. The van der Waals surface area contributed by atoms with Crippen LogP contribution in [0.3, 0.4) is 0 Å². The number of anilines is 1. The van der Waals surface area contributed by atoms with Crippen LogP contribution < -0.4 is 10.1 Å². The number of imidazole rings is 1. The third-order valence-electron chi connectivity index (χ3n) is 5.83. The molecule has 1 aromatic heterocycles. The molecular formula is C23H29N5O2. The SMILES string of the molecule is COc1ccc(C(=O)Nc2ccc3c(c2)nc(CCN2CCN(C)CC2)n3C)cc1. The third kappa shape index (κ3) is 4.47. The van der Waals surface area contributed by atoms with Gasteiger partial charge in [0, 0.05) is 57.4 Å². The summed E-state index contributed by atoms with van der Waals surface area (Å²) >= 11 is 0. The van der Waals surface area contributed by atoms with Crippen LogP contribution in [0, 0.1) is 0 Å². The van der Waals surface area contributed by atoms with E-state index in [1.165, 1.54) is 0 Å². The number of ether oxygens (including phenoxy) is 1. The van der Waals surface area contributed by atoms with Crippen molar-refractivity contribution in [2.24, 2.45) is 7.05 Å². The molecule has 0 aliphatic carbocycles. The van der Waals surface area contributed by atoms with Crippen molar-refractivity contribution in [2.45, 2.75) is 6.42 Å². The van der Waals surface area contributed by atoms with Gasteiger partial charge >= 0.3 is 0 Å². The van der Waals surface area contributed by atoms with Gasteiger partial charge in [-0.1, -0.05) is 0 Å². The van der Waals surface area contributed by atoms with Gasteiger partial charge in [-0.15, -0.1) is 0 Å². The lowest BCUT2D eigenvalue weighted by Gasteiger charge is -2.32. The molecule has 2 aromatic carbocycles. The van der Waals surface area contributed by atoms with Crippen LogP contribution >= 0.6 is 0 Å². The van der Waals surface area contributed by atoms with Crippen LogP contribution in [0.15, 0.2) is 42.5 Å². The lowest BCUT2D eigenvalue weighted by atomic mass is 10.2. The number of benzene rings is 2. The number of fused-ring (bicyclic) bond motifs is 1. The molecule has 0 spiro atoms. The first-order chi connectivity index (χ1) is 14.5. The molecule has 4 rings (SSSR count). The highest BCUT2D eigenvalue weighted by molar-refractivity contribution is 6.05. The summed E-state index contributed by atoms with van der Waals surface area (Å²) < 4.78 is 7.30. The molecule has 0 radical (unpaired) electrons.